The molecule has 0 saturated heterocycles. The second-order valence-corrected chi connectivity index (χ2v) is 4.15. The quantitative estimate of drug-likeness (QED) is 0.686. The third-order valence-electron chi connectivity index (χ3n) is 3.01. The molecule has 0 amide bonds. The fraction of sp³-hybridized carbons (Fsp3) is 0.364. The summed E-state index contributed by atoms with van der Waals surface area (Å²) in [6, 6.07) is 2.51. The summed E-state index contributed by atoms with van der Waals surface area (Å²) in [4.78, 5) is 10.7. The van der Waals surface area contributed by atoms with E-state index in [2.05, 4.69) is 0 Å². The van der Waals surface area contributed by atoms with Crippen LogP contribution in [-0.2, 0) is 10.2 Å². The first-order chi connectivity index (χ1) is 7.46. The molecule has 1 aliphatic rings. The van der Waals surface area contributed by atoms with Crippen molar-refractivity contribution in [2.24, 2.45) is 0 Å². The molecule has 0 unspecified atom stereocenters. The Kier molecular flexibility index (Phi) is 2.26. The van der Waals surface area contributed by atoms with Crippen molar-refractivity contribution < 1.29 is 24.5 Å². The predicted octanol–water partition coefficient (Wildman–Crippen LogP) is 1.74. The van der Waals surface area contributed by atoms with Crippen LogP contribution in [-0.4, -0.2) is 21.3 Å². The number of carboxylic acids is 1. The summed E-state index contributed by atoms with van der Waals surface area (Å²) in [5.41, 5.74) is -0.536. The SMILES string of the molecule is O=C(O)CC1(c2ccc(O)c(O)c2F)CC1. The Bertz CT molecular complexity index is 452. The van der Waals surface area contributed by atoms with E-state index in [1.165, 1.54) is 12.1 Å². The Morgan fingerprint density at radius 1 is 1.38 bits per heavy atom. The van der Waals surface area contributed by atoms with Gasteiger partial charge in [0.25, 0.3) is 0 Å². The van der Waals surface area contributed by atoms with Gasteiger partial charge in [0, 0.05) is 5.41 Å². The third-order valence-corrected chi connectivity index (χ3v) is 3.01. The number of hydrogen-bond acceptors (Lipinski definition) is 3. The van der Waals surface area contributed by atoms with Gasteiger partial charge in [0.15, 0.2) is 17.3 Å². The smallest absolute Gasteiger partial charge is 0.304 e. The van der Waals surface area contributed by atoms with Crippen LogP contribution in [0.25, 0.3) is 0 Å². The topological polar surface area (TPSA) is 77.8 Å². The number of phenols is 2. The van der Waals surface area contributed by atoms with Crippen molar-refractivity contribution in [3.63, 3.8) is 0 Å². The number of hydrogen-bond donors (Lipinski definition) is 3. The number of aliphatic carboxylic acids is 1. The zero-order valence-corrected chi connectivity index (χ0v) is 8.40. The highest BCUT2D eigenvalue weighted by Gasteiger charge is 2.48. The standard InChI is InChI=1S/C11H11FO4/c12-9-6(1-2-7(13)10(9)16)11(3-4-11)5-8(14)15/h1-2,13,16H,3-5H2,(H,14,15). The first-order valence-corrected chi connectivity index (χ1v) is 4.89. The van der Waals surface area contributed by atoms with Crippen LogP contribution in [0.2, 0.25) is 0 Å². The van der Waals surface area contributed by atoms with E-state index < -0.39 is 28.7 Å². The molecular formula is C11H11FO4. The lowest BCUT2D eigenvalue weighted by Crippen LogP contribution is -2.14. The molecule has 1 aromatic rings. The first-order valence-electron chi connectivity index (χ1n) is 4.89. The van der Waals surface area contributed by atoms with E-state index in [0.29, 0.717) is 12.8 Å². The first kappa shape index (κ1) is 10.7. The summed E-state index contributed by atoms with van der Waals surface area (Å²) >= 11 is 0. The Morgan fingerprint density at radius 3 is 2.50 bits per heavy atom. The molecular weight excluding hydrogens is 215 g/mol. The van der Waals surface area contributed by atoms with Gasteiger partial charge in [0.1, 0.15) is 0 Å². The Hall–Kier alpha value is -1.78. The molecule has 1 aromatic carbocycles. The predicted molar refractivity (Wildman–Crippen MR) is 52.9 cm³/mol. The summed E-state index contributed by atoms with van der Waals surface area (Å²) in [7, 11) is 0. The highest BCUT2D eigenvalue weighted by atomic mass is 19.1. The maximum atomic E-state index is 13.6. The molecule has 86 valence electrons. The van der Waals surface area contributed by atoms with E-state index in [9.17, 15) is 14.3 Å². The molecule has 0 spiro atoms. The number of benzene rings is 1. The molecule has 0 aliphatic heterocycles. The van der Waals surface area contributed by atoms with Crippen LogP contribution in [0.5, 0.6) is 11.5 Å². The highest BCUT2D eigenvalue weighted by Crippen LogP contribution is 2.53. The van der Waals surface area contributed by atoms with Crippen molar-refractivity contribution in [3.05, 3.63) is 23.5 Å². The number of halogens is 1. The van der Waals surface area contributed by atoms with Crippen LogP contribution < -0.4 is 0 Å². The zero-order valence-electron chi connectivity index (χ0n) is 8.40. The van der Waals surface area contributed by atoms with Crippen molar-refractivity contribution in [3.8, 4) is 11.5 Å². The number of carbonyl (C=O) groups is 1. The van der Waals surface area contributed by atoms with Crippen LogP contribution >= 0.6 is 0 Å². The molecule has 5 heteroatoms. The van der Waals surface area contributed by atoms with Crippen LogP contribution in [0.15, 0.2) is 12.1 Å². The van der Waals surface area contributed by atoms with Gasteiger partial charge in [-0.3, -0.25) is 4.79 Å². The average Bonchev–Trinajstić information content (AvgIpc) is 2.94. The maximum Gasteiger partial charge on any atom is 0.304 e. The van der Waals surface area contributed by atoms with Gasteiger partial charge in [-0.2, -0.15) is 0 Å². The third kappa shape index (κ3) is 1.58. The lowest BCUT2D eigenvalue weighted by molar-refractivity contribution is -0.137. The monoisotopic (exact) mass is 226 g/mol. The second-order valence-electron chi connectivity index (χ2n) is 4.15. The van der Waals surface area contributed by atoms with Gasteiger partial charge < -0.3 is 15.3 Å². The normalized spacial score (nSPS) is 17.1. The van der Waals surface area contributed by atoms with Gasteiger partial charge in [-0.05, 0) is 24.5 Å². The van der Waals surface area contributed by atoms with Crippen molar-refractivity contribution in [2.45, 2.75) is 24.7 Å². The van der Waals surface area contributed by atoms with E-state index >= 15 is 0 Å². The summed E-state index contributed by atoms with van der Waals surface area (Å²) in [5, 5.41) is 27.1. The Labute approximate surface area is 91.0 Å². The fourth-order valence-electron chi connectivity index (χ4n) is 1.95. The molecule has 4 nitrogen and oxygen atoms in total. The van der Waals surface area contributed by atoms with E-state index in [1.54, 1.807) is 0 Å². The average molecular weight is 226 g/mol. The zero-order chi connectivity index (χ0) is 11.9. The summed E-state index contributed by atoms with van der Waals surface area (Å²) in [6.07, 6.45) is 1.01. The lowest BCUT2D eigenvalue weighted by Gasteiger charge is -2.15. The van der Waals surface area contributed by atoms with Gasteiger partial charge in [0.2, 0.25) is 0 Å². The molecule has 0 bridgehead atoms. The van der Waals surface area contributed by atoms with Crippen LogP contribution in [0.1, 0.15) is 24.8 Å². The van der Waals surface area contributed by atoms with Crippen molar-refractivity contribution in [1.82, 2.24) is 0 Å². The molecule has 1 saturated carbocycles. The van der Waals surface area contributed by atoms with Gasteiger partial charge in [0.05, 0.1) is 6.42 Å². The van der Waals surface area contributed by atoms with Gasteiger partial charge in [-0.15, -0.1) is 0 Å². The van der Waals surface area contributed by atoms with Crippen LogP contribution in [0, 0.1) is 5.82 Å². The van der Waals surface area contributed by atoms with Gasteiger partial charge in [-0.25, -0.2) is 4.39 Å². The molecule has 1 fully saturated rings. The molecule has 0 atom stereocenters. The van der Waals surface area contributed by atoms with Crippen molar-refractivity contribution in [2.75, 3.05) is 0 Å². The molecule has 0 heterocycles. The Balaban J connectivity index is 2.42. The minimum atomic E-state index is -0.996. The lowest BCUT2D eigenvalue weighted by atomic mass is 9.91. The number of aromatic hydroxyl groups is 2. The van der Waals surface area contributed by atoms with Crippen LogP contribution in [0.3, 0.4) is 0 Å². The molecule has 2 rings (SSSR count). The minimum Gasteiger partial charge on any atom is -0.504 e. The fourth-order valence-corrected chi connectivity index (χ4v) is 1.95. The molecule has 0 radical (unpaired) electrons. The van der Waals surface area contributed by atoms with Crippen molar-refractivity contribution >= 4 is 5.97 Å². The minimum absolute atomic E-state index is 0.159. The highest BCUT2D eigenvalue weighted by molar-refractivity contribution is 5.70. The van der Waals surface area contributed by atoms with Crippen molar-refractivity contribution in [1.29, 1.82) is 0 Å². The molecule has 0 aromatic heterocycles. The number of rotatable bonds is 3. The van der Waals surface area contributed by atoms with E-state index in [1.807, 2.05) is 0 Å². The van der Waals surface area contributed by atoms with E-state index in [4.69, 9.17) is 10.2 Å². The van der Waals surface area contributed by atoms with E-state index in [-0.39, 0.29) is 12.0 Å². The van der Waals surface area contributed by atoms with Crippen LogP contribution in [0.4, 0.5) is 4.39 Å². The number of phenolic OH excluding ortho intramolecular Hbond substituents is 2. The summed E-state index contributed by atoms with van der Waals surface area (Å²) < 4.78 is 13.6. The molecule has 1 aliphatic carbocycles. The summed E-state index contributed by atoms with van der Waals surface area (Å²) in [5.74, 6) is -3.26. The van der Waals surface area contributed by atoms with Gasteiger partial charge >= 0.3 is 5.97 Å². The molecule has 16 heavy (non-hydrogen) atoms. The second kappa shape index (κ2) is 3.37. The Morgan fingerprint density at radius 2 is 2.00 bits per heavy atom. The maximum absolute atomic E-state index is 13.6. The molecule has 3 N–H and O–H groups in total. The largest absolute Gasteiger partial charge is 0.504 e. The summed E-state index contributed by atoms with van der Waals surface area (Å²) in [6.45, 7) is 0. The number of carboxylic acid groups (broad SMARTS) is 1. The van der Waals surface area contributed by atoms with E-state index in [0.717, 1.165) is 0 Å². The van der Waals surface area contributed by atoms with Gasteiger partial charge in [-0.1, -0.05) is 6.07 Å².